The second-order valence-corrected chi connectivity index (χ2v) is 6.38. The van der Waals surface area contributed by atoms with E-state index in [-0.39, 0.29) is 30.2 Å². The molecule has 6 heteroatoms. The highest BCUT2D eigenvalue weighted by atomic mass is 16.5. The van der Waals surface area contributed by atoms with E-state index in [0.29, 0.717) is 18.1 Å². The van der Waals surface area contributed by atoms with Crippen LogP contribution in [0, 0.1) is 5.92 Å². The third-order valence-electron chi connectivity index (χ3n) is 2.98. The average Bonchev–Trinajstić information content (AvgIpc) is 2.81. The monoisotopic (exact) mass is 283 g/mol. The SMILES string of the molecule is CC(C)C(O)CNC(=O)CCc1nc(C(C)(C)C)no1. The van der Waals surface area contributed by atoms with E-state index in [1.165, 1.54) is 0 Å². The second-order valence-electron chi connectivity index (χ2n) is 6.38. The Balaban J connectivity index is 2.36. The largest absolute Gasteiger partial charge is 0.391 e. The van der Waals surface area contributed by atoms with Crippen LogP contribution in [0.15, 0.2) is 4.52 Å². The molecule has 1 unspecified atom stereocenters. The van der Waals surface area contributed by atoms with Crippen LogP contribution in [-0.2, 0) is 16.6 Å². The molecule has 0 aliphatic heterocycles. The van der Waals surface area contributed by atoms with Gasteiger partial charge in [0, 0.05) is 24.8 Å². The van der Waals surface area contributed by atoms with Crippen LogP contribution in [0.3, 0.4) is 0 Å². The van der Waals surface area contributed by atoms with Crippen molar-refractivity contribution in [2.24, 2.45) is 5.92 Å². The lowest BCUT2D eigenvalue weighted by Crippen LogP contribution is -2.34. The standard InChI is InChI=1S/C14H25N3O3/c1-9(2)10(18)8-15-11(19)6-7-12-16-13(17-20-12)14(3,4)5/h9-10,18H,6-8H2,1-5H3,(H,15,19). The molecule has 1 heterocycles. The van der Waals surface area contributed by atoms with Crippen molar-refractivity contribution in [3.05, 3.63) is 11.7 Å². The van der Waals surface area contributed by atoms with Gasteiger partial charge in [-0.05, 0) is 5.92 Å². The molecule has 0 radical (unpaired) electrons. The molecular weight excluding hydrogens is 258 g/mol. The molecule has 0 aliphatic rings. The van der Waals surface area contributed by atoms with Crippen molar-refractivity contribution in [2.45, 2.75) is 59.0 Å². The van der Waals surface area contributed by atoms with Crippen LogP contribution in [0.2, 0.25) is 0 Å². The Hall–Kier alpha value is -1.43. The minimum atomic E-state index is -0.519. The molecule has 0 fully saturated rings. The first-order chi connectivity index (χ1) is 9.20. The van der Waals surface area contributed by atoms with Crippen LogP contribution in [0.1, 0.15) is 52.8 Å². The van der Waals surface area contributed by atoms with Crippen LogP contribution >= 0.6 is 0 Å². The summed E-state index contributed by atoms with van der Waals surface area (Å²) in [5, 5.41) is 16.2. The van der Waals surface area contributed by atoms with Gasteiger partial charge in [-0.15, -0.1) is 0 Å². The average molecular weight is 283 g/mol. The Morgan fingerprint density at radius 1 is 1.40 bits per heavy atom. The molecule has 1 aromatic rings. The summed E-state index contributed by atoms with van der Waals surface area (Å²) in [5.74, 6) is 1.11. The van der Waals surface area contributed by atoms with Crippen LogP contribution in [-0.4, -0.2) is 33.8 Å². The lowest BCUT2D eigenvalue weighted by molar-refractivity contribution is -0.121. The molecular formula is C14H25N3O3. The van der Waals surface area contributed by atoms with Gasteiger partial charge in [0.15, 0.2) is 5.82 Å². The summed E-state index contributed by atoms with van der Waals surface area (Å²) in [6.07, 6.45) is 0.165. The summed E-state index contributed by atoms with van der Waals surface area (Å²) < 4.78 is 5.11. The third-order valence-corrected chi connectivity index (χ3v) is 2.98. The molecule has 0 saturated carbocycles. The van der Waals surface area contributed by atoms with E-state index in [4.69, 9.17) is 4.52 Å². The highest BCUT2D eigenvalue weighted by molar-refractivity contribution is 5.76. The number of hydrogen-bond acceptors (Lipinski definition) is 5. The van der Waals surface area contributed by atoms with E-state index >= 15 is 0 Å². The number of aromatic nitrogens is 2. The minimum absolute atomic E-state index is 0.125. The number of nitrogens with zero attached hydrogens (tertiary/aromatic N) is 2. The molecule has 0 aliphatic carbocycles. The van der Waals surface area contributed by atoms with Crippen LogP contribution < -0.4 is 5.32 Å². The molecule has 1 rings (SSSR count). The summed E-state index contributed by atoms with van der Waals surface area (Å²) in [6.45, 7) is 10.1. The Labute approximate surface area is 120 Å². The second kappa shape index (κ2) is 6.83. The van der Waals surface area contributed by atoms with E-state index in [0.717, 1.165) is 0 Å². The van der Waals surface area contributed by atoms with Gasteiger partial charge in [-0.25, -0.2) is 0 Å². The molecule has 0 saturated heterocycles. The fraction of sp³-hybridized carbons (Fsp3) is 0.786. The molecule has 20 heavy (non-hydrogen) atoms. The van der Waals surface area contributed by atoms with Gasteiger partial charge in [-0.1, -0.05) is 39.8 Å². The van der Waals surface area contributed by atoms with Crippen molar-refractivity contribution in [1.82, 2.24) is 15.5 Å². The lowest BCUT2D eigenvalue weighted by Gasteiger charge is -2.14. The van der Waals surface area contributed by atoms with Gasteiger partial charge >= 0.3 is 0 Å². The number of aliphatic hydroxyl groups excluding tert-OH is 1. The molecule has 1 amide bonds. The summed E-state index contributed by atoms with van der Waals surface area (Å²) in [5.41, 5.74) is -0.161. The highest BCUT2D eigenvalue weighted by Gasteiger charge is 2.21. The lowest BCUT2D eigenvalue weighted by atomic mass is 9.96. The molecule has 6 nitrogen and oxygen atoms in total. The van der Waals surface area contributed by atoms with Crippen molar-refractivity contribution in [3.8, 4) is 0 Å². The number of amides is 1. The van der Waals surface area contributed by atoms with Crippen molar-refractivity contribution < 1.29 is 14.4 Å². The molecule has 2 N–H and O–H groups in total. The maximum atomic E-state index is 11.6. The third kappa shape index (κ3) is 5.28. The van der Waals surface area contributed by atoms with Crippen molar-refractivity contribution >= 4 is 5.91 Å². The van der Waals surface area contributed by atoms with Gasteiger partial charge in [-0.2, -0.15) is 4.98 Å². The summed E-state index contributed by atoms with van der Waals surface area (Å²) in [6, 6.07) is 0. The number of carbonyl (C=O) groups excluding carboxylic acids is 1. The minimum Gasteiger partial charge on any atom is -0.391 e. The molecule has 0 aromatic carbocycles. The molecule has 1 aromatic heterocycles. The Kier molecular flexibility index (Phi) is 5.68. The number of rotatable bonds is 6. The van der Waals surface area contributed by atoms with Gasteiger partial charge in [0.25, 0.3) is 0 Å². The fourth-order valence-corrected chi connectivity index (χ4v) is 1.42. The predicted molar refractivity (Wildman–Crippen MR) is 75.2 cm³/mol. The zero-order valence-corrected chi connectivity index (χ0v) is 12.9. The van der Waals surface area contributed by atoms with Gasteiger partial charge in [0.05, 0.1) is 6.10 Å². The number of hydrogen-bond donors (Lipinski definition) is 2. The summed E-state index contributed by atoms with van der Waals surface area (Å²) in [4.78, 5) is 15.9. The molecule has 0 spiro atoms. The van der Waals surface area contributed by atoms with Crippen molar-refractivity contribution in [3.63, 3.8) is 0 Å². The highest BCUT2D eigenvalue weighted by Crippen LogP contribution is 2.18. The maximum Gasteiger partial charge on any atom is 0.227 e. The molecule has 0 bridgehead atoms. The predicted octanol–water partition coefficient (Wildman–Crippen LogP) is 1.43. The van der Waals surface area contributed by atoms with E-state index in [9.17, 15) is 9.90 Å². The zero-order valence-electron chi connectivity index (χ0n) is 12.9. The number of aliphatic hydroxyl groups is 1. The van der Waals surface area contributed by atoms with Gasteiger partial charge in [-0.3, -0.25) is 4.79 Å². The summed E-state index contributed by atoms with van der Waals surface area (Å²) >= 11 is 0. The molecule has 114 valence electrons. The van der Waals surface area contributed by atoms with Crippen LogP contribution in [0.25, 0.3) is 0 Å². The van der Waals surface area contributed by atoms with Crippen molar-refractivity contribution in [1.29, 1.82) is 0 Å². The quantitative estimate of drug-likeness (QED) is 0.824. The normalized spacial score (nSPS) is 13.6. The molecule has 1 atom stereocenters. The summed E-state index contributed by atoms with van der Waals surface area (Å²) in [7, 11) is 0. The van der Waals surface area contributed by atoms with E-state index in [1.807, 2.05) is 34.6 Å². The van der Waals surface area contributed by atoms with Crippen LogP contribution in [0.5, 0.6) is 0 Å². The fourth-order valence-electron chi connectivity index (χ4n) is 1.42. The number of carbonyl (C=O) groups is 1. The number of nitrogens with one attached hydrogen (secondary N) is 1. The van der Waals surface area contributed by atoms with Gasteiger partial charge in [0.2, 0.25) is 11.8 Å². The van der Waals surface area contributed by atoms with Crippen molar-refractivity contribution in [2.75, 3.05) is 6.54 Å². The first kappa shape index (κ1) is 16.6. The smallest absolute Gasteiger partial charge is 0.227 e. The first-order valence-corrected chi connectivity index (χ1v) is 6.98. The van der Waals surface area contributed by atoms with Gasteiger partial charge in [0.1, 0.15) is 0 Å². The first-order valence-electron chi connectivity index (χ1n) is 6.98. The van der Waals surface area contributed by atoms with Gasteiger partial charge < -0.3 is 14.9 Å². The van der Waals surface area contributed by atoms with E-state index in [2.05, 4.69) is 15.5 Å². The maximum absolute atomic E-state index is 11.6. The van der Waals surface area contributed by atoms with E-state index < -0.39 is 6.10 Å². The Bertz CT molecular complexity index is 435. The Morgan fingerprint density at radius 2 is 2.05 bits per heavy atom. The van der Waals surface area contributed by atoms with E-state index in [1.54, 1.807) is 0 Å². The topological polar surface area (TPSA) is 88.2 Å². The Morgan fingerprint density at radius 3 is 2.55 bits per heavy atom. The number of aryl methyl sites for hydroxylation is 1. The van der Waals surface area contributed by atoms with Crippen LogP contribution in [0.4, 0.5) is 0 Å². The zero-order chi connectivity index (χ0) is 15.3.